The Morgan fingerprint density at radius 3 is 2.84 bits per heavy atom. The minimum atomic E-state index is -0.439. The third-order valence-electron chi connectivity index (χ3n) is 2.99. The van der Waals surface area contributed by atoms with Crippen LogP contribution in [0.1, 0.15) is 39.7 Å². The van der Waals surface area contributed by atoms with Crippen molar-refractivity contribution in [1.29, 1.82) is 0 Å². The van der Waals surface area contributed by atoms with E-state index in [1.165, 1.54) is 0 Å². The van der Waals surface area contributed by atoms with Gasteiger partial charge in [-0.25, -0.2) is 4.79 Å². The van der Waals surface area contributed by atoms with E-state index in [9.17, 15) is 4.79 Å². The minimum Gasteiger partial charge on any atom is -0.444 e. The molecule has 1 aromatic rings. The maximum Gasteiger partial charge on any atom is 0.410 e. The number of nitrogens with zero attached hydrogens (tertiary/aromatic N) is 3. The van der Waals surface area contributed by atoms with Crippen molar-refractivity contribution in [1.82, 2.24) is 14.7 Å². The number of amides is 1. The number of carbonyl (C=O) groups is 1. The summed E-state index contributed by atoms with van der Waals surface area (Å²) in [6.07, 6.45) is 5.67. The molecule has 1 aliphatic rings. The predicted octanol–water partition coefficient (Wildman–Crippen LogP) is 3.06. The summed E-state index contributed by atoms with van der Waals surface area (Å²) < 4.78 is 8.50. The lowest BCUT2D eigenvalue weighted by molar-refractivity contribution is 0.0167. The number of hydrogen-bond acceptors (Lipinski definition) is 3. The van der Waals surface area contributed by atoms with Gasteiger partial charge >= 0.3 is 6.09 Å². The van der Waals surface area contributed by atoms with Gasteiger partial charge in [-0.1, -0.05) is 0 Å². The molecule has 5 nitrogen and oxygen atoms in total. The van der Waals surface area contributed by atoms with Crippen molar-refractivity contribution in [3.8, 4) is 0 Å². The van der Waals surface area contributed by atoms with Gasteiger partial charge in [-0.05, 0) is 56.2 Å². The van der Waals surface area contributed by atoms with Crippen LogP contribution in [0, 0.1) is 3.57 Å². The van der Waals surface area contributed by atoms with Crippen LogP contribution in [0.25, 0.3) is 0 Å². The molecule has 1 atom stereocenters. The second kappa shape index (κ2) is 5.68. The Kier molecular flexibility index (Phi) is 4.37. The molecular weight excluding hydrogens is 357 g/mol. The summed E-state index contributed by atoms with van der Waals surface area (Å²) in [4.78, 5) is 13.9. The van der Waals surface area contributed by atoms with Crippen molar-refractivity contribution < 1.29 is 9.53 Å². The average Bonchev–Trinajstić information content (AvgIpc) is 2.74. The number of hydrogen-bond donors (Lipinski definition) is 0. The van der Waals surface area contributed by atoms with E-state index >= 15 is 0 Å². The molecule has 0 bridgehead atoms. The Balaban J connectivity index is 1.99. The number of rotatable bonds is 1. The van der Waals surface area contributed by atoms with Crippen molar-refractivity contribution in [3.05, 3.63) is 16.0 Å². The average molecular weight is 377 g/mol. The summed E-state index contributed by atoms with van der Waals surface area (Å²) in [5, 5.41) is 4.34. The fourth-order valence-corrected chi connectivity index (χ4v) is 2.59. The van der Waals surface area contributed by atoms with Crippen LogP contribution in [0.15, 0.2) is 12.4 Å². The Morgan fingerprint density at radius 2 is 2.26 bits per heavy atom. The molecule has 1 saturated heterocycles. The monoisotopic (exact) mass is 377 g/mol. The second-order valence-corrected chi connectivity index (χ2v) is 7.11. The molecule has 0 radical (unpaired) electrons. The Labute approximate surface area is 127 Å². The van der Waals surface area contributed by atoms with Crippen LogP contribution in [-0.2, 0) is 4.74 Å². The summed E-state index contributed by atoms with van der Waals surface area (Å²) >= 11 is 2.24. The predicted molar refractivity (Wildman–Crippen MR) is 81.0 cm³/mol. The third kappa shape index (κ3) is 4.09. The lowest BCUT2D eigenvalue weighted by Gasteiger charge is -2.34. The smallest absolute Gasteiger partial charge is 0.410 e. The van der Waals surface area contributed by atoms with Crippen LogP contribution in [0.3, 0.4) is 0 Å². The van der Waals surface area contributed by atoms with Crippen molar-refractivity contribution in [2.75, 3.05) is 13.1 Å². The Hall–Kier alpha value is -0.790. The van der Waals surface area contributed by atoms with E-state index in [-0.39, 0.29) is 12.1 Å². The third-order valence-corrected chi connectivity index (χ3v) is 3.55. The van der Waals surface area contributed by atoms with Gasteiger partial charge in [0.1, 0.15) is 5.60 Å². The number of likely N-dealkylation sites (tertiary alicyclic amines) is 1. The normalized spacial score (nSPS) is 20.4. The largest absolute Gasteiger partial charge is 0.444 e. The zero-order valence-corrected chi connectivity index (χ0v) is 13.8. The molecule has 0 N–H and O–H groups in total. The Morgan fingerprint density at radius 1 is 1.53 bits per heavy atom. The highest BCUT2D eigenvalue weighted by Crippen LogP contribution is 2.23. The lowest BCUT2D eigenvalue weighted by atomic mass is 10.1. The van der Waals surface area contributed by atoms with Crippen molar-refractivity contribution >= 4 is 28.7 Å². The molecular formula is C13H20IN3O2. The van der Waals surface area contributed by atoms with Gasteiger partial charge in [-0.2, -0.15) is 5.10 Å². The minimum absolute atomic E-state index is 0.223. The van der Waals surface area contributed by atoms with Gasteiger partial charge in [-0.15, -0.1) is 0 Å². The number of ether oxygens (including phenoxy) is 1. The first-order chi connectivity index (χ1) is 8.85. The first kappa shape index (κ1) is 14.6. The molecule has 2 rings (SSSR count). The molecule has 1 aromatic heterocycles. The first-order valence-corrected chi connectivity index (χ1v) is 7.60. The molecule has 0 saturated carbocycles. The van der Waals surface area contributed by atoms with Gasteiger partial charge in [0.05, 0.1) is 15.8 Å². The molecule has 6 heteroatoms. The molecule has 0 aromatic carbocycles. The fourth-order valence-electron chi connectivity index (χ4n) is 2.18. The molecule has 1 unspecified atom stereocenters. The van der Waals surface area contributed by atoms with Gasteiger partial charge in [-0.3, -0.25) is 4.68 Å². The van der Waals surface area contributed by atoms with Crippen LogP contribution in [-0.4, -0.2) is 39.5 Å². The molecule has 0 aliphatic carbocycles. The highest BCUT2D eigenvalue weighted by atomic mass is 127. The van der Waals surface area contributed by atoms with E-state index in [1.807, 2.05) is 37.8 Å². The van der Waals surface area contributed by atoms with E-state index < -0.39 is 5.60 Å². The molecule has 1 fully saturated rings. The topological polar surface area (TPSA) is 47.4 Å². The van der Waals surface area contributed by atoms with Gasteiger partial charge in [0.2, 0.25) is 0 Å². The molecule has 19 heavy (non-hydrogen) atoms. The maximum absolute atomic E-state index is 12.1. The fraction of sp³-hybridized carbons (Fsp3) is 0.692. The number of piperidine rings is 1. The maximum atomic E-state index is 12.1. The quantitative estimate of drug-likeness (QED) is 0.707. The van der Waals surface area contributed by atoms with E-state index in [0.29, 0.717) is 6.54 Å². The van der Waals surface area contributed by atoms with E-state index in [1.54, 1.807) is 4.90 Å². The number of halogens is 1. The molecule has 0 spiro atoms. The van der Waals surface area contributed by atoms with Gasteiger partial charge < -0.3 is 9.64 Å². The molecule has 1 aliphatic heterocycles. The molecule has 106 valence electrons. The van der Waals surface area contributed by atoms with E-state index in [2.05, 4.69) is 27.7 Å². The summed E-state index contributed by atoms with van der Waals surface area (Å²) in [6.45, 7) is 7.11. The number of aromatic nitrogens is 2. The zero-order valence-electron chi connectivity index (χ0n) is 11.6. The van der Waals surface area contributed by atoms with E-state index in [4.69, 9.17) is 4.74 Å². The first-order valence-electron chi connectivity index (χ1n) is 6.53. The standard InChI is InChI=1S/C13H20IN3O2/c1-13(2,3)19-12(18)16-6-4-5-11(9-16)17-8-10(14)7-15-17/h7-8,11H,4-6,9H2,1-3H3. The van der Waals surface area contributed by atoms with E-state index in [0.717, 1.165) is 23.0 Å². The summed E-state index contributed by atoms with van der Waals surface area (Å²) in [6, 6.07) is 0.254. The van der Waals surface area contributed by atoms with Crippen molar-refractivity contribution in [2.24, 2.45) is 0 Å². The Bertz CT molecular complexity index is 453. The van der Waals surface area contributed by atoms with Crippen molar-refractivity contribution in [3.63, 3.8) is 0 Å². The summed E-state index contributed by atoms with van der Waals surface area (Å²) in [5.41, 5.74) is -0.439. The van der Waals surface area contributed by atoms with Crippen LogP contribution in [0.5, 0.6) is 0 Å². The lowest BCUT2D eigenvalue weighted by Crippen LogP contribution is -2.43. The second-order valence-electron chi connectivity index (χ2n) is 5.86. The van der Waals surface area contributed by atoms with Gasteiger partial charge in [0.25, 0.3) is 0 Å². The number of carbonyl (C=O) groups excluding carboxylic acids is 1. The van der Waals surface area contributed by atoms with Crippen LogP contribution in [0.2, 0.25) is 0 Å². The van der Waals surface area contributed by atoms with Gasteiger partial charge in [0, 0.05) is 19.3 Å². The molecule has 2 heterocycles. The van der Waals surface area contributed by atoms with Crippen LogP contribution < -0.4 is 0 Å². The highest BCUT2D eigenvalue weighted by Gasteiger charge is 2.28. The van der Waals surface area contributed by atoms with Gasteiger partial charge in [0.15, 0.2) is 0 Å². The van der Waals surface area contributed by atoms with Crippen molar-refractivity contribution in [2.45, 2.75) is 45.3 Å². The van der Waals surface area contributed by atoms with Crippen LogP contribution in [0.4, 0.5) is 4.79 Å². The summed E-state index contributed by atoms with van der Waals surface area (Å²) in [5.74, 6) is 0. The van der Waals surface area contributed by atoms with Crippen LogP contribution >= 0.6 is 22.6 Å². The molecule has 1 amide bonds. The summed E-state index contributed by atoms with van der Waals surface area (Å²) in [7, 11) is 0. The SMILES string of the molecule is CC(C)(C)OC(=O)N1CCCC(n2cc(I)cn2)C1. The zero-order chi connectivity index (χ0) is 14.0. The highest BCUT2D eigenvalue weighted by molar-refractivity contribution is 14.1.